The van der Waals surface area contributed by atoms with E-state index in [0.717, 1.165) is 12.2 Å². The first-order valence-corrected chi connectivity index (χ1v) is 5.51. The van der Waals surface area contributed by atoms with Crippen LogP contribution in [-0.2, 0) is 4.74 Å². The third kappa shape index (κ3) is 2.48. The largest absolute Gasteiger partial charge is 0.379 e. The van der Waals surface area contributed by atoms with Crippen molar-refractivity contribution in [2.75, 3.05) is 12.4 Å². The third-order valence-electron chi connectivity index (χ3n) is 3.00. The van der Waals surface area contributed by atoms with Gasteiger partial charge in [0.25, 0.3) is 0 Å². The van der Waals surface area contributed by atoms with Crippen LogP contribution >= 0.6 is 0 Å². The number of anilines is 1. The van der Waals surface area contributed by atoms with Crippen LogP contribution in [0.15, 0.2) is 18.3 Å². The standard InChI is InChI=1S/C12H18N2O/c1-9-6-7-12(13-8-9)14-10-4-3-5-11(10)15-2/h6-8,10-11H,3-5H2,1-2H3,(H,13,14). The molecule has 3 nitrogen and oxygen atoms in total. The van der Waals surface area contributed by atoms with Crippen LogP contribution in [0, 0.1) is 6.92 Å². The highest BCUT2D eigenvalue weighted by Crippen LogP contribution is 2.24. The fourth-order valence-corrected chi connectivity index (χ4v) is 2.12. The van der Waals surface area contributed by atoms with Crippen molar-refractivity contribution in [2.24, 2.45) is 0 Å². The molecule has 1 aromatic rings. The lowest BCUT2D eigenvalue weighted by molar-refractivity contribution is 0.101. The smallest absolute Gasteiger partial charge is 0.126 e. The summed E-state index contributed by atoms with van der Waals surface area (Å²) in [5.41, 5.74) is 1.19. The molecule has 1 aliphatic rings. The first kappa shape index (κ1) is 10.4. The fraction of sp³-hybridized carbons (Fsp3) is 0.583. The topological polar surface area (TPSA) is 34.1 Å². The predicted octanol–water partition coefficient (Wildman–Crippen LogP) is 2.37. The molecule has 0 saturated heterocycles. The van der Waals surface area contributed by atoms with Crippen LogP contribution in [0.5, 0.6) is 0 Å². The van der Waals surface area contributed by atoms with E-state index in [4.69, 9.17) is 4.74 Å². The van der Waals surface area contributed by atoms with Gasteiger partial charge in [0.2, 0.25) is 0 Å². The Morgan fingerprint density at radius 1 is 1.40 bits per heavy atom. The minimum absolute atomic E-state index is 0.341. The molecule has 0 amide bonds. The Kier molecular flexibility index (Phi) is 3.21. The summed E-state index contributed by atoms with van der Waals surface area (Å²) < 4.78 is 5.43. The number of aromatic nitrogens is 1. The molecule has 3 heteroatoms. The molecule has 0 aliphatic heterocycles. The average Bonchev–Trinajstić information content (AvgIpc) is 2.69. The molecule has 2 unspecified atom stereocenters. The molecule has 0 spiro atoms. The summed E-state index contributed by atoms with van der Waals surface area (Å²) >= 11 is 0. The van der Waals surface area contributed by atoms with Crippen molar-refractivity contribution in [3.8, 4) is 0 Å². The summed E-state index contributed by atoms with van der Waals surface area (Å²) in [4.78, 5) is 4.34. The Balaban J connectivity index is 1.99. The normalized spacial score (nSPS) is 25.5. The SMILES string of the molecule is COC1CCCC1Nc1ccc(C)cn1. The Morgan fingerprint density at radius 2 is 2.27 bits per heavy atom. The number of hydrogen-bond donors (Lipinski definition) is 1. The van der Waals surface area contributed by atoms with Crippen LogP contribution in [0.3, 0.4) is 0 Å². The number of pyridine rings is 1. The summed E-state index contributed by atoms with van der Waals surface area (Å²) in [5.74, 6) is 0.953. The summed E-state index contributed by atoms with van der Waals surface area (Å²) in [6.45, 7) is 2.05. The van der Waals surface area contributed by atoms with E-state index in [1.54, 1.807) is 7.11 Å². The number of aryl methyl sites for hydroxylation is 1. The molecule has 15 heavy (non-hydrogen) atoms. The second-order valence-corrected chi connectivity index (χ2v) is 4.18. The Labute approximate surface area is 90.9 Å². The van der Waals surface area contributed by atoms with Crippen molar-refractivity contribution in [2.45, 2.75) is 38.3 Å². The monoisotopic (exact) mass is 206 g/mol. The number of nitrogens with one attached hydrogen (secondary N) is 1. The van der Waals surface area contributed by atoms with Crippen molar-refractivity contribution in [1.82, 2.24) is 4.98 Å². The molecule has 2 rings (SSSR count). The third-order valence-corrected chi connectivity index (χ3v) is 3.00. The van der Waals surface area contributed by atoms with E-state index in [0.29, 0.717) is 12.1 Å². The van der Waals surface area contributed by atoms with E-state index in [2.05, 4.69) is 16.4 Å². The molecule has 1 N–H and O–H groups in total. The van der Waals surface area contributed by atoms with Crippen LogP contribution in [0.25, 0.3) is 0 Å². The summed E-state index contributed by atoms with van der Waals surface area (Å²) in [6, 6.07) is 4.53. The Hall–Kier alpha value is -1.09. The van der Waals surface area contributed by atoms with Gasteiger partial charge in [-0.3, -0.25) is 0 Å². The molecule has 1 fully saturated rings. The van der Waals surface area contributed by atoms with Gasteiger partial charge in [0.1, 0.15) is 5.82 Å². The molecule has 1 aromatic heterocycles. The van der Waals surface area contributed by atoms with E-state index < -0.39 is 0 Å². The van der Waals surface area contributed by atoms with Crippen molar-refractivity contribution >= 4 is 5.82 Å². The van der Waals surface area contributed by atoms with Crippen LogP contribution in [0.1, 0.15) is 24.8 Å². The summed E-state index contributed by atoms with van der Waals surface area (Å²) in [6.07, 6.45) is 5.79. The van der Waals surface area contributed by atoms with Gasteiger partial charge in [0, 0.05) is 13.3 Å². The number of methoxy groups -OCH3 is 1. The maximum Gasteiger partial charge on any atom is 0.126 e. The minimum Gasteiger partial charge on any atom is -0.379 e. The zero-order valence-electron chi connectivity index (χ0n) is 9.36. The molecule has 0 aromatic carbocycles. The minimum atomic E-state index is 0.341. The number of hydrogen-bond acceptors (Lipinski definition) is 3. The van der Waals surface area contributed by atoms with Crippen LogP contribution < -0.4 is 5.32 Å². The number of rotatable bonds is 3. The van der Waals surface area contributed by atoms with Gasteiger partial charge in [0.05, 0.1) is 12.1 Å². The van der Waals surface area contributed by atoms with Gasteiger partial charge in [0.15, 0.2) is 0 Å². The highest BCUT2D eigenvalue weighted by molar-refractivity contribution is 5.37. The molecular weight excluding hydrogens is 188 g/mol. The second-order valence-electron chi connectivity index (χ2n) is 4.18. The van der Waals surface area contributed by atoms with Gasteiger partial charge < -0.3 is 10.1 Å². The van der Waals surface area contributed by atoms with Crippen molar-refractivity contribution in [1.29, 1.82) is 0 Å². The van der Waals surface area contributed by atoms with Crippen molar-refractivity contribution in [3.63, 3.8) is 0 Å². The lowest BCUT2D eigenvalue weighted by Crippen LogP contribution is -2.30. The van der Waals surface area contributed by atoms with Gasteiger partial charge >= 0.3 is 0 Å². The molecule has 1 aliphatic carbocycles. The lowest BCUT2D eigenvalue weighted by Gasteiger charge is -2.20. The van der Waals surface area contributed by atoms with Crippen molar-refractivity contribution in [3.05, 3.63) is 23.9 Å². The van der Waals surface area contributed by atoms with Gasteiger partial charge in [-0.1, -0.05) is 6.07 Å². The fourth-order valence-electron chi connectivity index (χ4n) is 2.12. The molecule has 0 bridgehead atoms. The molecule has 2 atom stereocenters. The zero-order chi connectivity index (χ0) is 10.7. The molecule has 0 radical (unpaired) electrons. The van der Waals surface area contributed by atoms with Crippen molar-refractivity contribution < 1.29 is 4.74 Å². The van der Waals surface area contributed by atoms with E-state index in [-0.39, 0.29) is 0 Å². The van der Waals surface area contributed by atoms with Gasteiger partial charge in [-0.15, -0.1) is 0 Å². The van der Waals surface area contributed by atoms with Crippen LogP contribution in [0.2, 0.25) is 0 Å². The van der Waals surface area contributed by atoms with Crippen LogP contribution in [0.4, 0.5) is 5.82 Å². The van der Waals surface area contributed by atoms with E-state index in [1.165, 1.54) is 18.4 Å². The lowest BCUT2D eigenvalue weighted by atomic mass is 10.2. The van der Waals surface area contributed by atoms with E-state index >= 15 is 0 Å². The maximum absolute atomic E-state index is 5.43. The molecule has 82 valence electrons. The highest BCUT2D eigenvalue weighted by Gasteiger charge is 2.26. The maximum atomic E-state index is 5.43. The molecule has 1 heterocycles. The zero-order valence-corrected chi connectivity index (χ0v) is 9.36. The van der Waals surface area contributed by atoms with Gasteiger partial charge in [-0.25, -0.2) is 4.98 Å². The van der Waals surface area contributed by atoms with Crippen LogP contribution in [-0.4, -0.2) is 24.2 Å². The summed E-state index contributed by atoms with van der Waals surface area (Å²) in [5, 5.41) is 3.43. The first-order valence-electron chi connectivity index (χ1n) is 5.51. The quantitative estimate of drug-likeness (QED) is 0.824. The van der Waals surface area contributed by atoms with Gasteiger partial charge in [-0.2, -0.15) is 0 Å². The summed E-state index contributed by atoms with van der Waals surface area (Å²) in [7, 11) is 1.78. The Bertz CT molecular complexity index is 310. The first-order chi connectivity index (χ1) is 7.29. The Morgan fingerprint density at radius 3 is 2.93 bits per heavy atom. The predicted molar refractivity (Wildman–Crippen MR) is 61.0 cm³/mol. The van der Waals surface area contributed by atoms with E-state index in [9.17, 15) is 0 Å². The molecule has 1 saturated carbocycles. The highest BCUT2D eigenvalue weighted by atomic mass is 16.5. The molecular formula is C12H18N2O. The number of nitrogens with zero attached hydrogens (tertiary/aromatic N) is 1. The second kappa shape index (κ2) is 4.62. The van der Waals surface area contributed by atoms with E-state index in [1.807, 2.05) is 19.2 Å². The number of ether oxygens (including phenoxy) is 1. The van der Waals surface area contributed by atoms with Gasteiger partial charge in [-0.05, 0) is 37.8 Å². The average molecular weight is 206 g/mol.